The van der Waals surface area contributed by atoms with Crippen LogP contribution < -0.4 is 10.1 Å². The standard InChI is InChI=1S/C16H22F3N3O2/c1-24-14-5-4-13(20-9-14)7-15(23)21-8-12-3-2-6-22(10-12)11-16(17,18)19/h4-5,9,12H,2-3,6-8,10-11H2,1H3,(H,21,23). The molecule has 0 bridgehead atoms. The summed E-state index contributed by atoms with van der Waals surface area (Å²) >= 11 is 0. The lowest BCUT2D eigenvalue weighted by Gasteiger charge is -2.33. The molecular weight excluding hydrogens is 323 g/mol. The van der Waals surface area contributed by atoms with E-state index in [2.05, 4.69) is 10.3 Å². The Morgan fingerprint density at radius 1 is 1.46 bits per heavy atom. The first kappa shape index (κ1) is 18.5. The molecule has 1 aliphatic rings. The molecule has 1 unspecified atom stereocenters. The molecule has 0 spiro atoms. The number of carbonyl (C=O) groups excluding carboxylic acids is 1. The first-order valence-corrected chi connectivity index (χ1v) is 7.90. The van der Waals surface area contributed by atoms with E-state index < -0.39 is 12.7 Å². The van der Waals surface area contributed by atoms with Crippen molar-refractivity contribution >= 4 is 5.91 Å². The molecule has 1 atom stereocenters. The summed E-state index contributed by atoms with van der Waals surface area (Å²) in [4.78, 5) is 17.5. The second-order valence-electron chi connectivity index (χ2n) is 6.03. The van der Waals surface area contributed by atoms with Crippen LogP contribution >= 0.6 is 0 Å². The number of hydrogen-bond donors (Lipinski definition) is 1. The fourth-order valence-electron chi connectivity index (χ4n) is 2.84. The number of alkyl halides is 3. The Balaban J connectivity index is 1.74. The summed E-state index contributed by atoms with van der Waals surface area (Å²) in [7, 11) is 1.54. The molecule has 1 amide bonds. The maximum Gasteiger partial charge on any atom is 0.401 e. The number of piperidine rings is 1. The lowest BCUT2D eigenvalue weighted by Crippen LogP contribution is -2.44. The number of carbonyl (C=O) groups is 1. The minimum Gasteiger partial charge on any atom is -0.495 e. The summed E-state index contributed by atoms with van der Waals surface area (Å²) in [6.45, 7) is 0.330. The Morgan fingerprint density at radius 2 is 2.25 bits per heavy atom. The highest BCUT2D eigenvalue weighted by Crippen LogP contribution is 2.22. The van der Waals surface area contributed by atoms with Gasteiger partial charge in [-0.05, 0) is 37.4 Å². The summed E-state index contributed by atoms with van der Waals surface area (Å²) in [5, 5.41) is 2.79. The molecule has 1 saturated heterocycles. The highest BCUT2D eigenvalue weighted by Gasteiger charge is 2.32. The van der Waals surface area contributed by atoms with Crippen molar-refractivity contribution in [2.75, 3.05) is 33.3 Å². The molecule has 1 aromatic heterocycles. The number of aromatic nitrogens is 1. The van der Waals surface area contributed by atoms with Gasteiger partial charge in [0.15, 0.2) is 0 Å². The van der Waals surface area contributed by atoms with E-state index in [1.807, 2.05) is 0 Å². The largest absolute Gasteiger partial charge is 0.495 e. The SMILES string of the molecule is COc1ccc(CC(=O)NCC2CCCN(CC(F)(F)F)C2)nc1. The van der Waals surface area contributed by atoms with E-state index in [0.29, 0.717) is 31.1 Å². The molecule has 1 aliphatic heterocycles. The van der Waals surface area contributed by atoms with Gasteiger partial charge in [0.25, 0.3) is 0 Å². The van der Waals surface area contributed by atoms with Crippen molar-refractivity contribution in [3.8, 4) is 5.75 Å². The Bertz CT molecular complexity index is 534. The number of methoxy groups -OCH3 is 1. The normalized spacial score (nSPS) is 19.1. The monoisotopic (exact) mass is 345 g/mol. The van der Waals surface area contributed by atoms with Gasteiger partial charge in [-0.1, -0.05) is 0 Å². The van der Waals surface area contributed by atoms with Crippen LogP contribution in [-0.4, -0.2) is 55.3 Å². The average Bonchev–Trinajstić information content (AvgIpc) is 2.52. The smallest absolute Gasteiger partial charge is 0.401 e. The second-order valence-corrected chi connectivity index (χ2v) is 6.03. The van der Waals surface area contributed by atoms with E-state index >= 15 is 0 Å². The first-order valence-electron chi connectivity index (χ1n) is 7.90. The number of hydrogen-bond acceptors (Lipinski definition) is 4. The van der Waals surface area contributed by atoms with Crippen LogP contribution in [0.15, 0.2) is 18.3 Å². The number of amides is 1. The van der Waals surface area contributed by atoms with Gasteiger partial charge in [0.2, 0.25) is 5.91 Å². The maximum atomic E-state index is 12.5. The Labute approximate surface area is 139 Å². The minimum atomic E-state index is -4.18. The fraction of sp³-hybridized carbons (Fsp3) is 0.625. The molecule has 2 heterocycles. The van der Waals surface area contributed by atoms with Crippen LogP contribution in [-0.2, 0) is 11.2 Å². The van der Waals surface area contributed by atoms with Crippen LogP contribution in [0.5, 0.6) is 5.75 Å². The van der Waals surface area contributed by atoms with Crippen molar-refractivity contribution in [1.29, 1.82) is 0 Å². The van der Waals surface area contributed by atoms with E-state index in [1.165, 1.54) is 12.0 Å². The molecule has 134 valence electrons. The van der Waals surface area contributed by atoms with Crippen LogP contribution in [0.2, 0.25) is 0 Å². The maximum absolute atomic E-state index is 12.5. The quantitative estimate of drug-likeness (QED) is 0.857. The van der Waals surface area contributed by atoms with E-state index in [1.54, 1.807) is 18.3 Å². The van der Waals surface area contributed by atoms with E-state index in [4.69, 9.17) is 4.74 Å². The van der Waals surface area contributed by atoms with Crippen molar-refractivity contribution in [1.82, 2.24) is 15.2 Å². The van der Waals surface area contributed by atoms with Gasteiger partial charge in [-0.15, -0.1) is 0 Å². The molecule has 1 aromatic rings. The highest BCUT2D eigenvalue weighted by molar-refractivity contribution is 5.78. The number of halogens is 3. The first-order chi connectivity index (χ1) is 11.4. The van der Waals surface area contributed by atoms with E-state index in [0.717, 1.165) is 12.8 Å². The number of pyridine rings is 1. The van der Waals surface area contributed by atoms with E-state index in [9.17, 15) is 18.0 Å². The van der Waals surface area contributed by atoms with Crippen molar-refractivity contribution < 1.29 is 22.7 Å². The van der Waals surface area contributed by atoms with Crippen molar-refractivity contribution in [2.24, 2.45) is 5.92 Å². The zero-order chi connectivity index (χ0) is 17.6. The van der Waals surface area contributed by atoms with Crippen LogP contribution in [0, 0.1) is 5.92 Å². The van der Waals surface area contributed by atoms with Gasteiger partial charge in [-0.25, -0.2) is 0 Å². The molecule has 0 aliphatic carbocycles. The molecule has 1 N–H and O–H groups in total. The van der Waals surface area contributed by atoms with Gasteiger partial charge in [0.05, 0.1) is 26.3 Å². The number of rotatable bonds is 6. The van der Waals surface area contributed by atoms with Crippen molar-refractivity contribution in [3.05, 3.63) is 24.0 Å². The average molecular weight is 345 g/mol. The van der Waals surface area contributed by atoms with Crippen LogP contribution in [0.3, 0.4) is 0 Å². The summed E-state index contributed by atoms with van der Waals surface area (Å²) in [6, 6.07) is 3.44. The molecule has 24 heavy (non-hydrogen) atoms. The van der Waals surface area contributed by atoms with Crippen molar-refractivity contribution in [3.63, 3.8) is 0 Å². The number of ether oxygens (including phenoxy) is 1. The van der Waals surface area contributed by atoms with Gasteiger partial charge in [-0.2, -0.15) is 13.2 Å². The predicted octanol–water partition coefficient (Wildman–Crippen LogP) is 2.02. The van der Waals surface area contributed by atoms with Crippen LogP contribution in [0.1, 0.15) is 18.5 Å². The zero-order valence-corrected chi connectivity index (χ0v) is 13.6. The molecule has 0 saturated carbocycles. The molecular formula is C16H22F3N3O2. The second kappa shape index (κ2) is 8.32. The number of likely N-dealkylation sites (tertiary alicyclic amines) is 1. The Kier molecular flexibility index (Phi) is 6.42. The summed E-state index contributed by atoms with van der Waals surface area (Å²) in [5.74, 6) is 0.487. The lowest BCUT2D eigenvalue weighted by atomic mass is 9.98. The topological polar surface area (TPSA) is 54.5 Å². The predicted molar refractivity (Wildman–Crippen MR) is 82.7 cm³/mol. The molecule has 1 fully saturated rings. The Morgan fingerprint density at radius 3 is 2.88 bits per heavy atom. The van der Waals surface area contributed by atoms with Gasteiger partial charge in [0, 0.05) is 18.8 Å². The fourth-order valence-corrected chi connectivity index (χ4v) is 2.84. The van der Waals surface area contributed by atoms with Gasteiger partial charge in [-0.3, -0.25) is 14.7 Å². The van der Waals surface area contributed by atoms with Gasteiger partial charge >= 0.3 is 6.18 Å². The van der Waals surface area contributed by atoms with Crippen molar-refractivity contribution in [2.45, 2.75) is 25.4 Å². The lowest BCUT2D eigenvalue weighted by molar-refractivity contribution is -0.149. The minimum absolute atomic E-state index is 0.0499. The van der Waals surface area contributed by atoms with Gasteiger partial charge in [0.1, 0.15) is 5.75 Å². The number of nitrogens with zero attached hydrogens (tertiary/aromatic N) is 2. The Hall–Kier alpha value is -1.83. The summed E-state index contributed by atoms with van der Waals surface area (Å²) in [6.07, 6.45) is -0.945. The molecule has 2 rings (SSSR count). The summed E-state index contributed by atoms with van der Waals surface area (Å²) in [5.41, 5.74) is 0.621. The third-order valence-electron chi connectivity index (χ3n) is 3.97. The molecule has 5 nitrogen and oxygen atoms in total. The van der Waals surface area contributed by atoms with Crippen LogP contribution in [0.25, 0.3) is 0 Å². The van der Waals surface area contributed by atoms with Gasteiger partial charge < -0.3 is 10.1 Å². The zero-order valence-electron chi connectivity index (χ0n) is 13.6. The molecule has 0 aromatic carbocycles. The highest BCUT2D eigenvalue weighted by atomic mass is 19.4. The van der Waals surface area contributed by atoms with Crippen LogP contribution in [0.4, 0.5) is 13.2 Å². The molecule has 8 heteroatoms. The third-order valence-corrected chi connectivity index (χ3v) is 3.97. The number of nitrogens with one attached hydrogen (secondary N) is 1. The van der Waals surface area contributed by atoms with E-state index in [-0.39, 0.29) is 18.2 Å². The third kappa shape index (κ3) is 6.35. The molecule has 0 radical (unpaired) electrons. The summed E-state index contributed by atoms with van der Waals surface area (Å²) < 4.78 is 42.3.